The molecule has 2 heterocycles. The Morgan fingerprint density at radius 2 is 1.81 bits per heavy atom. The van der Waals surface area contributed by atoms with Gasteiger partial charge in [-0.25, -0.2) is 4.39 Å². The first-order valence-electron chi connectivity index (χ1n) is 9.94. The van der Waals surface area contributed by atoms with E-state index in [4.69, 9.17) is 9.47 Å². The number of hydrogen-bond donors (Lipinski definition) is 4. The third kappa shape index (κ3) is 4.30. The van der Waals surface area contributed by atoms with Crippen LogP contribution in [0.4, 0.5) is 4.39 Å². The lowest BCUT2D eigenvalue weighted by Crippen LogP contribution is -2.56. The second kappa shape index (κ2) is 9.15. The molecule has 31 heavy (non-hydrogen) atoms. The minimum Gasteiger partial charge on any atom is -0.494 e. The van der Waals surface area contributed by atoms with Crippen LogP contribution in [0.15, 0.2) is 58.5 Å². The second-order valence-electron chi connectivity index (χ2n) is 7.29. The van der Waals surface area contributed by atoms with Crippen molar-refractivity contribution >= 4 is 22.7 Å². The summed E-state index contributed by atoms with van der Waals surface area (Å²) in [7, 11) is 0. The van der Waals surface area contributed by atoms with Gasteiger partial charge in [0.2, 0.25) is 0 Å². The number of fused-ring (bicyclic) bond motifs is 1. The molecule has 9 heteroatoms. The Morgan fingerprint density at radius 1 is 1.06 bits per heavy atom. The molecule has 0 saturated carbocycles. The van der Waals surface area contributed by atoms with Crippen molar-refractivity contribution in [3.05, 3.63) is 54.5 Å². The van der Waals surface area contributed by atoms with Gasteiger partial charge in [0, 0.05) is 21.4 Å². The summed E-state index contributed by atoms with van der Waals surface area (Å²) < 4.78 is 26.8. The molecule has 2 aromatic carbocycles. The van der Waals surface area contributed by atoms with E-state index in [9.17, 15) is 24.8 Å². The summed E-state index contributed by atoms with van der Waals surface area (Å²) in [6.07, 6.45) is -4.80. The highest BCUT2D eigenvalue weighted by Gasteiger charge is 2.44. The third-order valence-corrected chi connectivity index (χ3v) is 6.32. The van der Waals surface area contributed by atoms with Gasteiger partial charge in [-0.15, -0.1) is 0 Å². The number of halogens is 1. The molecule has 0 unspecified atom stereocenters. The van der Waals surface area contributed by atoms with Crippen molar-refractivity contribution < 1.29 is 34.3 Å². The average molecular weight is 450 g/mol. The summed E-state index contributed by atoms with van der Waals surface area (Å²) in [4.78, 5) is 1.62. The Kier molecular flexibility index (Phi) is 6.52. The first kappa shape index (κ1) is 22.1. The zero-order chi connectivity index (χ0) is 22.1. The molecular formula is C22H24FNO6S. The predicted molar refractivity (Wildman–Crippen MR) is 113 cm³/mol. The van der Waals surface area contributed by atoms with Crippen LogP contribution in [0.5, 0.6) is 5.75 Å². The monoisotopic (exact) mass is 449 g/mol. The molecule has 166 valence electrons. The lowest BCUT2D eigenvalue weighted by Gasteiger charge is -2.40. The van der Waals surface area contributed by atoms with Crippen LogP contribution in [0.2, 0.25) is 0 Å². The van der Waals surface area contributed by atoms with Crippen LogP contribution in [0, 0.1) is 5.82 Å². The number of hydrogen-bond acceptors (Lipinski definition) is 7. The van der Waals surface area contributed by atoms with Gasteiger partial charge in [-0.1, -0.05) is 11.8 Å². The van der Waals surface area contributed by atoms with Gasteiger partial charge >= 0.3 is 0 Å². The van der Waals surface area contributed by atoms with E-state index in [1.54, 1.807) is 16.8 Å². The molecule has 4 rings (SSSR count). The van der Waals surface area contributed by atoms with Crippen molar-refractivity contribution in [2.24, 2.45) is 0 Å². The smallest absolute Gasteiger partial charge is 0.163 e. The van der Waals surface area contributed by atoms with E-state index in [2.05, 4.69) is 0 Å². The Balaban J connectivity index is 1.72. The Morgan fingerprint density at radius 3 is 2.48 bits per heavy atom. The number of nitrogens with zero attached hydrogens (tertiary/aromatic N) is 1. The van der Waals surface area contributed by atoms with Gasteiger partial charge in [0.25, 0.3) is 0 Å². The molecule has 1 aliphatic rings. The summed E-state index contributed by atoms with van der Waals surface area (Å²) in [5.41, 5.74) is 0.583. The summed E-state index contributed by atoms with van der Waals surface area (Å²) in [5, 5.41) is 40.9. The zero-order valence-electron chi connectivity index (χ0n) is 16.8. The van der Waals surface area contributed by atoms with E-state index in [1.807, 2.05) is 31.2 Å². The predicted octanol–water partition coefficient (Wildman–Crippen LogP) is 2.30. The number of benzene rings is 2. The van der Waals surface area contributed by atoms with Crippen LogP contribution < -0.4 is 4.74 Å². The molecule has 1 aliphatic heterocycles. The van der Waals surface area contributed by atoms with E-state index in [1.165, 1.54) is 23.9 Å². The van der Waals surface area contributed by atoms with E-state index in [-0.39, 0.29) is 0 Å². The Labute approximate surface area is 182 Å². The number of rotatable bonds is 6. The summed E-state index contributed by atoms with van der Waals surface area (Å²) in [6, 6.07) is 11.7. The van der Waals surface area contributed by atoms with Crippen molar-refractivity contribution in [1.82, 2.24) is 4.57 Å². The van der Waals surface area contributed by atoms with Crippen LogP contribution in [-0.4, -0.2) is 62.6 Å². The van der Waals surface area contributed by atoms with Gasteiger partial charge in [-0.2, -0.15) is 0 Å². The maximum Gasteiger partial charge on any atom is 0.163 e. The van der Waals surface area contributed by atoms with Gasteiger partial charge in [0.1, 0.15) is 36.0 Å². The van der Waals surface area contributed by atoms with Crippen LogP contribution >= 0.6 is 11.8 Å². The molecular weight excluding hydrogens is 425 g/mol. The normalized spacial score (nSPS) is 26.3. The van der Waals surface area contributed by atoms with Crippen molar-refractivity contribution in [1.29, 1.82) is 0 Å². The third-order valence-electron chi connectivity index (χ3n) is 5.26. The highest BCUT2D eigenvalue weighted by molar-refractivity contribution is 7.99. The SMILES string of the molecule is CCOc1ccc(Sc2cn([C@@H]3O[C@H](CO)[C@@H](O)[C@H](O)[C@H]3O)c3ccc(F)cc23)cc1. The van der Waals surface area contributed by atoms with E-state index >= 15 is 0 Å². The van der Waals surface area contributed by atoms with E-state index in [0.29, 0.717) is 17.5 Å². The van der Waals surface area contributed by atoms with Gasteiger partial charge in [0.05, 0.1) is 18.7 Å². The van der Waals surface area contributed by atoms with Crippen LogP contribution in [-0.2, 0) is 4.74 Å². The number of aromatic nitrogens is 1. The zero-order valence-corrected chi connectivity index (χ0v) is 17.6. The molecule has 0 aliphatic carbocycles. The van der Waals surface area contributed by atoms with Gasteiger partial charge < -0.3 is 34.5 Å². The molecule has 1 aromatic heterocycles. The highest BCUT2D eigenvalue weighted by atomic mass is 32.2. The summed E-state index contributed by atoms with van der Waals surface area (Å²) in [6.45, 7) is 1.95. The fraction of sp³-hybridized carbons (Fsp3) is 0.364. The van der Waals surface area contributed by atoms with Crippen molar-refractivity contribution in [2.45, 2.75) is 47.4 Å². The van der Waals surface area contributed by atoms with Crippen LogP contribution in [0.25, 0.3) is 10.9 Å². The minimum absolute atomic E-state index is 0.410. The number of ether oxygens (including phenoxy) is 2. The average Bonchev–Trinajstić information content (AvgIpc) is 3.11. The highest BCUT2D eigenvalue weighted by Crippen LogP contribution is 2.39. The molecule has 0 amide bonds. The van der Waals surface area contributed by atoms with Crippen molar-refractivity contribution in [3.63, 3.8) is 0 Å². The molecule has 0 spiro atoms. The molecule has 7 nitrogen and oxygen atoms in total. The Bertz CT molecular complexity index is 1040. The number of aliphatic hydroxyl groups excluding tert-OH is 4. The topological polar surface area (TPSA) is 104 Å². The van der Waals surface area contributed by atoms with Gasteiger partial charge in [0.15, 0.2) is 6.23 Å². The van der Waals surface area contributed by atoms with Crippen molar-refractivity contribution in [3.8, 4) is 5.75 Å². The van der Waals surface area contributed by atoms with Crippen LogP contribution in [0.3, 0.4) is 0 Å². The summed E-state index contributed by atoms with van der Waals surface area (Å²) in [5.74, 6) is 0.342. The molecule has 1 fully saturated rings. The largest absolute Gasteiger partial charge is 0.494 e. The molecule has 4 N–H and O–H groups in total. The summed E-state index contributed by atoms with van der Waals surface area (Å²) >= 11 is 1.41. The van der Waals surface area contributed by atoms with Crippen molar-refractivity contribution in [2.75, 3.05) is 13.2 Å². The standard InChI is InChI=1S/C22H24FNO6S/c1-2-29-13-4-6-14(7-5-13)31-18-10-24(16-8-3-12(23)9-15(16)18)22-21(28)20(27)19(26)17(11-25)30-22/h3-10,17,19-22,25-28H,2,11H2,1H3/t17-,19-,20+,21-,22-/m1/s1. The first-order chi connectivity index (χ1) is 14.9. The molecule has 3 aromatic rings. The minimum atomic E-state index is -1.50. The van der Waals surface area contributed by atoms with Crippen LogP contribution in [0.1, 0.15) is 13.2 Å². The second-order valence-corrected chi connectivity index (χ2v) is 8.40. The van der Waals surface area contributed by atoms with Gasteiger partial charge in [-0.3, -0.25) is 0 Å². The maximum atomic E-state index is 14.0. The molecule has 1 saturated heterocycles. The lowest BCUT2D eigenvalue weighted by atomic mass is 9.98. The van der Waals surface area contributed by atoms with E-state index in [0.717, 1.165) is 15.5 Å². The fourth-order valence-corrected chi connectivity index (χ4v) is 4.66. The van der Waals surface area contributed by atoms with E-state index < -0.39 is 43.1 Å². The quantitative estimate of drug-likeness (QED) is 0.458. The molecule has 0 radical (unpaired) electrons. The molecule has 0 bridgehead atoms. The molecule has 5 atom stereocenters. The maximum absolute atomic E-state index is 14.0. The lowest BCUT2D eigenvalue weighted by molar-refractivity contribution is -0.250. The number of aliphatic hydroxyl groups is 4. The first-order valence-corrected chi connectivity index (χ1v) is 10.8. The van der Waals surface area contributed by atoms with Gasteiger partial charge in [-0.05, 0) is 49.4 Å². The fourth-order valence-electron chi connectivity index (χ4n) is 3.70. The Hall–Kier alpha value is -2.14.